The van der Waals surface area contributed by atoms with E-state index in [2.05, 4.69) is 15.2 Å². The highest BCUT2D eigenvalue weighted by Gasteiger charge is 2.28. The summed E-state index contributed by atoms with van der Waals surface area (Å²) >= 11 is 0. The van der Waals surface area contributed by atoms with Crippen molar-refractivity contribution in [2.24, 2.45) is 0 Å². The van der Waals surface area contributed by atoms with Crippen LogP contribution in [0.3, 0.4) is 0 Å². The van der Waals surface area contributed by atoms with E-state index in [1.165, 1.54) is 12.8 Å². The minimum atomic E-state index is -0.128. The highest BCUT2D eigenvalue weighted by molar-refractivity contribution is 5.89. The molecule has 2 aromatic heterocycles. The Morgan fingerprint density at radius 3 is 2.65 bits per heavy atom. The third kappa shape index (κ3) is 4.81. The number of nitrogens with one attached hydrogen (secondary N) is 1. The third-order valence-corrected chi connectivity index (χ3v) is 6.47. The van der Waals surface area contributed by atoms with Crippen LogP contribution in [-0.4, -0.2) is 52.6 Å². The van der Waals surface area contributed by atoms with Gasteiger partial charge >= 0.3 is 6.03 Å². The van der Waals surface area contributed by atoms with E-state index in [9.17, 15) is 4.79 Å². The first kappa shape index (κ1) is 22.1. The molecule has 8 nitrogen and oxygen atoms in total. The number of pyridine rings is 1. The number of hydrogen-bond acceptors (Lipinski definition) is 6. The summed E-state index contributed by atoms with van der Waals surface area (Å²) in [5.41, 5.74) is 3.71. The first-order chi connectivity index (χ1) is 16.7. The van der Waals surface area contributed by atoms with E-state index in [1.807, 2.05) is 47.5 Å². The molecule has 3 aromatic rings. The number of anilines is 2. The van der Waals surface area contributed by atoms with Gasteiger partial charge in [0.25, 0.3) is 0 Å². The number of carbonyl (C=O) groups is 1. The molecule has 0 unspecified atom stereocenters. The average Bonchev–Trinajstić information content (AvgIpc) is 3.18. The highest BCUT2D eigenvalue weighted by atomic mass is 16.5. The number of rotatable bonds is 4. The van der Waals surface area contributed by atoms with Gasteiger partial charge in [-0.15, -0.1) is 0 Å². The number of methoxy groups -OCH3 is 1. The summed E-state index contributed by atoms with van der Waals surface area (Å²) < 4.78 is 5.28. The number of urea groups is 1. The zero-order valence-electron chi connectivity index (χ0n) is 19.5. The van der Waals surface area contributed by atoms with Crippen LogP contribution in [0.15, 0.2) is 48.8 Å². The zero-order chi connectivity index (χ0) is 23.3. The average molecular weight is 459 g/mol. The summed E-state index contributed by atoms with van der Waals surface area (Å²) in [7, 11) is 1.62. The number of hydrogen-bond donors (Lipinski definition) is 1. The Morgan fingerprint density at radius 1 is 1.03 bits per heavy atom. The van der Waals surface area contributed by atoms with Gasteiger partial charge in [0.2, 0.25) is 0 Å². The van der Waals surface area contributed by atoms with Crippen LogP contribution >= 0.6 is 0 Å². The lowest BCUT2D eigenvalue weighted by molar-refractivity contribution is 0.206. The van der Waals surface area contributed by atoms with Crippen LogP contribution < -0.4 is 15.0 Å². The molecule has 0 saturated carbocycles. The quantitative estimate of drug-likeness (QED) is 0.619. The van der Waals surface area contributed by atoms with Gasteiger partial charge in [-0.1, -0.05) is 18.9 Å². The number of nitrogens with zero attached hydrogens (tertiary/aromatic N) is 5. The van der Waals surface area contributed by atoms with Crippen LogP contribution in [0, 0.1) is 0 Å². The Balaban J connectivity index is 1.44. The molecule has 0 spiro atoms. The first-order valence-electron chi connectivity index (χ1n) is 12.0. The monoisotopic (exact) mass is 458 g/mol. The van der Waals surface area contributed by atoms with Gasteiger partial charge in [-0.2, -0.15) is 0 Å². The van der Waals surface area contributed by atoms with Crippen molar-refractivity contribution in [3.63, 3.8) is 0 Å². The van der Waals surface area contributed by atoms with Crippen molar-refractivity contribution in [1.29, 1.82) is 0 Å². The summed E-state index contributed by atoms with van der Waals surface area (Å²) in [6.07, 6.45) is 9.06. The Kier molecular flexibility index (Phi) is 6.56. The fourth-order valence-electron chi connectivity index (χ4n) is 4.64. The van der Waals surface area contributed by atoms with E-state index < -0.39 is 0 Å². The fraction of sp³-hybridized carbons (Fsp3) is 0.385. The predicted molar refractivity (Wildman–Crippen MR) is 132 cm³/mol. The molecule has 5 rings (SSSR count). The molecular formula is C26H30N6O2. The summed E-state index contributed by atoms with van der Waals surface area (Å²) in [4.78, 5) is 31.5. The second kappa shape index (κ2) is 10.1. The maximum atomic E-state index is 13.1. The van der Waals surface area contributed by atoms with Crippen molar-refractivity contribution in [3.8, 4) is 17.1 Å². The van der Waals surface area contributed by atoms with E-state index in [-0.39, 0.29) is 6.03 Å². The molecule has 0 bridgehead atoms. The molecule has 0 radical (unpaired) electrons. The molecule has 1 fully saturated rings. The lowest BCUT2D eigenvalue weighted by atomic mass is 10.0. The molecule has 0 atom stereocenters. The standard InChI is InChI=1S/C26H30N6O2/c1-34-21-10-6-9-20(16-21)28-26(33)32-15-11-23-22(18-32)25(31-13-4-2-3-5-14-31)30-24(29-23)19-8-7-12-27-17-19/h6-10,12,16-17H,2-5,11,13-15,18H2,1H3,(H,28,33). The highest BCUT2D eigenvalue weighted by Crippen LogP contribution is 2.31. The summed E-state index contributed by atoms with van der Waals surface area (Å²) in [6, 6.07) is 11.2. The molecule has 4 heterocycles. The third-order valence-electron chi connectivity index (χ3n) is 6.47. The molecule has 1 saturated heterocycles. The normalized spacial score (nSPS) is 15.9. The minimum Gasteiger partial charge on any atom is -0.497 e. The summed E-state index contributed by atoms with van der Waals surface area (Å²) in [5, 5.41) is 3.01. The maximum absolute atomic E-state index is 13.1. The lowest BCUT2D eigenvalue weighted by Gasteiger charge is -2.33. The molecule has 2 aliphatic rings. The van der Waals surface area contributed by atoms with Crippen molar-refractivity contribution < 1.29 is 9.53 Å². The second-order valence-corrected chi connectivity index (χ2v) is 8.77. The Hall–Kier alpha value is -3.68. The SMILES string of the molecule is COc1cccc(NC(=O)N2CCc3nc(-c4cccnc4)nc(N4CCCCCC4)c3C2)c1. The van der Waals surface area contributed by atoms with Gasteiger partial charge in [0.1, 0.15) is 11.6 Å². The topological polar surface area (TPSA) is 83.5 Å². The van der Waals surface area contributed by atoms with Gasteiger partial charge in [-0.25, -0.2) is 14.8 Å². The summed E-state index contributed by atoms with van der Waals surface area (Å²) in [6.45, 7) is 3.05. The molecule has 34 heavy (non-hydrogen) atoms. The van der Waals surface area contributed by atoms with Crippen LogP contribution in [0.5, 0.6) is 5.75 Å². The number of aromatic nitrogens is 3. The molecule has 1 N–H and O–H groups in total. The van der Waals surface area contributed by atoms with E-state index in [0.717, 1.165) is 48.6 Å². The van der Waals surface area contributed by atoms with Crippen molar-refractivity contribution in [1.82, 2.24) is 19.9 Å². The van der Waals surface area contributed by atoms with Crippen LogP contribution in [0.25, 0.3) is 11.4 Å². The molecule has 2 amide bonds. The number of benzene rings is 1. The van der Waals surface area contributed by atoms with Gasteiger partial charge in [0, 0.05) is 61.3 Å². The van der Waals surface area contributed by atoms with Gasteiger partial charge in [0.05, 0.1) is 19.3 Å². The van der Waals surface area contributed by atoms with Crippen LogP contribution in [0.4, 0.5) is 16.3 Å². The molecule has 2 aliphatic heterocycles. The van der Waals surface area contributed by atoms with Gasteiger partial charge < -0.3 is 19.9 Å². The molecule has 176 valence electrons. The van der Waals surface area contributed by atoms with Crippen LogP contribution in [0.1, 0.15) is 36.9 Å². The van der Waals surface area contributed by atoms with E-state index in [1.54, 1.807) is 13.3 Å². The molecular weight excluding hydrogens is 428 g/mol. The van der Waals surface area contributed by atoms with Crippen LogP contribution in [-0.2, 0) is 13.0 Å². The lowest BCUT2D eigenvalue weighted by Crippen LogP contribution is -2.40. The number of amides is 2. The fourth-order valence-corrected chi connectivity index (χ4v) is 4.64. The number of ether oxygens (including phenoxy) is 1. The molecule has 8 heteroatoms. The Morgan fingerprint density at radius 2 is 1.88 bits per heavy atom. The summed E-state index contributed by atoms with van der Waals surface area (Å²) in [5.74, 6) is 2.38. The Labute approximate surface area is 200 Å². The van der Waals surface area contributed by atoms with Crippen molar-refractivity contribution in [3.05, 3.63) is 60.0 Å². The minimum absolute atomic E-state index is 0.128. The Bertz CT molecular complexity index is 1150. The van der Waals surface area contributed by atoms with Crippen molar-refractivity contribution in [2.45, 2.75) is 38.6 Å². The van der Waals surface area contributed by atoms with E-state index in [4.69, 9.17) is 14.7 Å². The molecule has 1 aromatic carbocycles. The van der Waals surface area contributed by atoms with E-state index >= 15 is 0 Å². The second-order valence-electron chi connectivity index (χ2n) is 8.77. The number of carbonyl (C=O) groups excluding carboxylic acids is 1. The van der Waals surface area contributed by atoms with Gasteiger partial charge in [-0.05, 0) is 37.1 Å². The first-order valence-corrected chi connectivity index (χ1v) is 12.0. The number of fused-ring (bicyclic) bond motifs is 1. The van der Waals surface area contributed by atoms with E-state index in [0.29, 0.717) is 36.8 Å². The van der Waals surface area contributed by atoms with Crippen molar-refractivity contribution >= 4 is 17.5 Å². The van der Waals surface area contributed by atoms with Gasteiger partial charge in [-0.3, -0.25) is 4.98 Å². The van der Waals surface area contributed by atoms with Crippen LogP contribution in [0.2, 0.25) is 0 Å². The predicted octanol–water partition coefficient (Wildman–Crippen LogP) is 4.52. The van der Waals surface area contributed by atoms with Gasteiger partial charge in [0.15, 0.2) is 5.82 Å². The molecule has 0 aliphatic carbocycles. The van der Waals surface area contributed by atoms with Crippen molar-refractivity contribution in [2.75, 3.05) is 37.0 Å². The smallest absolute Gasteiger partial charge is 0.322 e. The largest absolute Gasteiger partial charge is 0.497 e. The maximum Gasteiger partial charge on any atom is 0.322 e. The zero-order valence-corrected chi connectivity index (χ0v) is 19.5.